The lowest BCUT2D eigenvalue weighted by Crippen LogP contribution is -2.10. The van der Waals surface area contributed by atoms with Crippen LogP contribution in [-0.2, 0) is 0 Å². The molecule has 0 atom stereocenters. The number of hydrogen-bond donors (Lipinski definition) is 0. The maximum Gasteiger partial charge on any atom is 0.0555 e. The molecular formula is C66H42N2S. The molecule has 0 spiro atoms. The lowest BCUT2D eigenvalue weighted by Gasteiger charge is -2.27. The summed E-state index contributed by atoms with van der Waals surface area (Å²) in [4.78, 5) is 2.47. The highest BCUT2D eigenvalue weighted by molar-refractivity contribution is 7.26. The molecule has 0 unspecified atom stereocenters. The number of para-hydroxylation sites is 1. The van der Waals surface area contributed by atoms with E-state index in [0.29, 0.717) is 0 Å². The highest BCUT2D eigenvalue weighted by Crippen LogP contribution is 2.50. The Labute approximate surface area is 403 Å². The van der Waals surface area contributed by atoms with Gasteiger partial charge in [0.15, 0.2) is 0 Å². The zero-order valence-electron chi connectivity index (χ0n) is 37.6. The van der Waals surface area contributed by atoms with E-state index < -0.39 is 0 Å². The Balaban J connectivity index is 0.956. The van der Waals surface area contributed by atoms with Crippen molar-refractivity contribution in [2.75, 3.05) is 4.90 Å². The molecule has 0 amide bonds. The molecule has 14 rings (SSSR count). The summed E-state index contributed by atoms with van der Waals surface area (Å²) in [5, 5.41) is 12.5. The SMILES string of the molecule is c1ccc2cc(-c3ccc(N(c4ccc(-c5cccc6c5c5ccccc5n6-c5cccc6ccccc56)cc4)c4ccc(-c5cccc6ccccc56)c5sc6ccccc6c45)cc3)ccc2c1. The predicted molar refractivity (Wildman–Crippen MR) is 297 cm³/mol. The molecule has 0 bridgehead atoms. The van der Waals surface area contributed by atoms with Crippen molar-refractivity contribution in [2.24, 2.45) is 0 Å². The third kappa shape index (κ3) is 6.39. The maximum absolute atomic E-state index is 2.47. The topological polar surface area (TPSA) is 8.17 Å². The molecule has 2 heterocycles. The highest BCUT2D eigenvalue weighted by Gasteiger charge is 2.23. The monoisotopic (exact) mass is 894 g/mol. The van der Waals surface area contributed by atoms with Gasteiger partial charge in [-0.3, -0.25) is 0 Å². The molecule has 14 aromatic rings. The van der Waals surface area contributed by atoms with Crippen molar-refractivity contribution in [3.8, 4) is 39.1 Å². The number of rotatable bonds is 7. The van der Waals surface area contributed by atoms with E-state index in [4.69, 9.17) is 0 Å². The van der Waals surface area contributed by atoms with Crippen LogP contribution in [0.5, 0.6) is 0 Å². The third-order valence-electron chi connectivity index (χ3n) is 14.2. The number of fused-ring (bicyclic) bond motifs is 9. The van der Waals surface area contributed by atoms with Gasteiger partial charge in [-0.1, -0.05) is 194 Å². The number of benzene rings is 12. The average molecular weight is 895 g/mol. The Bertz CT molecular complexity index is 4300. The molecule has 12 aromatic carbocycles. The lowest BCUT2D eigenvalue weighted by atomic mass is 9.95. The average Bonchev–Trinajstić information content (AvgIpc) is 3.98. The molecule has 0 radical (unpaired) electrons. The van der Waals surface area contributed by atoms with E-state index in [2.05, 4.69) is 264 Å². The Hall–Kier alpha value is -8.76. The number of anilines is 3. The van der Waals surface area contributed by atoms with Gasteiger partial charge in [0, 0.05) is 53.3 Å². The van der Waals surface area contributed by atoms with Crippen LogP contribution < -0.4 is 4.90 Å². The van der Waals surface area contributed by atoms with Crippen molar-refractivity contribution in [3.63, 3.8) is 0 Å². The second-order valence-corrected chi connectivity index (χ2v) is 19.1. The van der Waals surface area contributed by atoms with Gasteiger partial charge < -0.3 is 9.47 Å². The first-order valence-corrected chi connectivity index (χ1v) is 24.5. The quantitative estimate of drug-likeness (QED) is 0.155. The van der Waals surface area contributed by atoms with Gasteiger partial charge in [0.2, 0.25) is 0 Å². The fraction of sp³-hybridized carbons (Fsp3) is 0. The summed E-state index contributed by atoms with van der Waals surface area (Å²) in [6.45, 7) is 0. The molecule has 0 aliphatic rings. The van der Waals surface area contributed by atoms with E-state index in [0.717, 1.165) is 17.1 Å². The van der Waals surface area contributed by atoms with Gasteiger partial charge >= 0.3 is 0 Å². The van der Waals surface area contributed by atoms with E-state index >= 15 is 0 Å². The molecule has 322 valence electrons. The van der Waals surface area contributed by atoms with Crippen LogP contribution in [0.25, 0.3) is 113 Å². The molecule has 0 saturated carbocycles. The second-order valence-electron chi connectivity index (χ2n) is 18.0. The van der Waals surface area contributed by atoms with Crippen LogP contribution in [0.4, 0.5) is 17.1 Å². The summed E-state index contributed by atoms with van der Waals surface area (Å²) in [5.41, 5.74) is 14.2. The fourth-order valence-electron chi connectivity index (χ4n) is 11.0. The van der Waals surface area contributed by atoms with Crippen molar-refractivity contribution >= 4 is 103 Å². The summed E-state index contributed by atoms with van der Waals surface area (Å²) in [6.07, 6.45) is 0. The highest BCUT2D eigenvalue weighted by atomic mass is 32.1. The molecule has 3 heteroatoms. The summed E-state index contributed by atoms with van der Waals surface area (Å²) in [6, 6.07) is 93.8. The molecule has 0 saturated heterocycles. The van der Waals surface area contributed by atoms with Gasteiger partial charge in [0.25, 0.3) is 0 Å². The molecule has 0 fully saturated rings. The molecule has 0 aliphatic carbocycles. The molecule has 0 aliphatic heterocycles. The minimum Gasteiger partial charge on any atom is -0.310 e. The van der Waals surface area contributed by atoms with Crippen molar-refractivity contribution in [1.82, 2.24) is 4.57 Å². The fourth-order valence-corrected chi connectivity index (χ4v) is 12.2. The van der Waals surface area contributed by atoms with Crippen LogP contribution in [0.15, 0.2) is 255 Å². The number of aromatic nitrogens is 1. The van der Waals surface area contributed by atoms with Crippen molar-refractivity contribution in [3.05, 3.63) is 255 Å². The van der Waals surface area contributed by atoms with E-state index in [1.54, 1.807) is 0 Å². The first kappa shape index (κ1) is 39.4. The van der Waals surface area contributed by atoms with E-state index in [1.807, 2.05) is 11.3 Å². The number of thiophene rings is 1. The second kappa shape index (κ2) is 16.0. The van der Waals surface area contributed by atoms with Gasteiger partial charge in [-0.25, -0.2) is 0 Å². The predicted octanol–water partition coefficient (Wildman–Crippen LogP) is 19.1. The lowest BCUT2D eigenvalue weighted by molar-refractivity contribution is 1.20. The van der Waals surface area contributed by atoms with E-state index in [-0.39, 0.29) is 0 Å². The Kier molecular flexibility index (Phi) is 9.11. The summed E-state index contributed by atoms with van der Waals surface area (Å²) >= 11 is 1.89. The number of hydrogen-bond acceptors (Lipinski definition) is 2. The van der Waals surface area contributed by atoms with E-state index in [1.165, 1.54) is 113 Å². The Morgan fingerprint density at radius 3 is 1.68 bits per heavy atom. The summed E-state index contributed by atoms with van der Waals surface area (Å²) in [5.74, 6) is 0. The first-order valence-electron chi connectivity index (χ1n) is 23.7. The van der Waals surface area contributed by atoms with Crippen molar-refractivity contribution < 1.29 is 0 Å². The smallest absolute Gasteiger partial charge is 0.0555 e. The van der Waals surface area contributed by atoms with Gasteiger partial charge in [-0.2, -0.15) is 0 Å². The van der Waals surface area contributed by atoms with Crippen molar-refractivity contribution in [2.45, 2.75) is 0 Å². The van der Waals surface area contributed by atoms with E-state index in [9.17, 15) is 0 Å². The molecule has 2 nitrogen and oxygen atoms in total. The van der Waals surface area contributed by atoms with Crippen LogP contribution in [-0.4, -0.2) is 4.57 Å². The van der Waals surface area contributed by atoms with Gasteiger partial charge in [0.05, 0.1) is 22.4 Å². The summed E-state index contributed by atoms with van der Waals surface area (Å²) < 4.78 is 5.01. The van der Waals surface area contributed by atoms with Crippen LogP contribution >= 0.6 is 11.3 Å². The molecule has 2 aromatic heterocycles. The normalized spacial score (nSPS) is 11.8. The van der Waals surface area contributed by atoms with Gasteiger partial charge in [-0.15, -0.1) is 11.3 Å². The molecular weight excluding hydrogens is 853 g/mol. The van der Waals surface area contributed by atoms with Gasteiger partial charge in [-0.05, 0) is 115 Å². The van der Waals surface area contributed by atoms with Crippen molar-refractivity contribution in [1.29, 1.82) is 0 Å². The van der Waals surface area contributed by atoms with Gasteiger partial charge in [0.1, 0.15) is 0 Å². The Morgan fingerprint density at radius 1 is 0.319 bits per heavy atom. The summed E-state index contributed by atoms with van der Waals surface area (Å²) in [7, 11) is 0. The largest absolute Gasteiger partial charge is 0.310 e. The standard InChI is InChI=1S/C66H42N2S/c1-2-17-48-42-49(31-30-43(48)14-1)44-32-36-50(37-33-44)67(62-41-40-56(55-25-11-18-45-15-3-5-20-52(45)55)66-65(62)58-23-8-10-29-63(58)69-66)51-38-34-47(35-39-51)54-24-13-28-61-64(54)57-22-7-9-26-60(57)68(61)59-27-12-19-46-16-4-6-21-53(46)59/h1-42H. The third-order valence-corrected chi connectivity index (χ3v) is 15.4. The van der Waals surface area contributed by atoms with Crippen LogP contribution in [0.3, 0.4) is 0 Å². The van der Waals surface area contributed by atoms with Crippen LogP contribution in [0, 0.1) is 0 Å². The maximum atomic E-state index is 2.47. The minimum atomic E-state index is 1.09. The number of nitrogens with zero attached hydrogens (tertiary/aromatic N) is 2. The zero-order chi connectivity index (χ0) is 45.4. The van der Waals surface area contributed by atoms with Crippen LogP contribution in [0.2, 0.25) is 0 Å². The van der Waals surface area contributed by atoms with Crippen LogP contribution in [0.1, 0.15) is 0 Å². The molecule has 0 N–H and O–H groups in total. The first-order chi connectivity index (χ1) is 34.2. The molecule has 69 heavy (non-hydrogen) atoms. The minimum absolute atomic E-state index is 1.09. The Morgan fingerprint density at radius 2 is 0.884 bits per heavy atom. The zero-order valence-corrected chi connectivity index (χ0v) is 38.4.